The van der Waals surface area contributed by atoms with Crippen molar-refractivity contribution in [1.29, 1.82) is 0 Å². The second-order valence-corrected chi connectivity index (χ2v) is 10.5. The van der Waals surface area contributed by atoms with E-state index < -0.39 is 10.0 Å². The molecule has 1 N–H and O–H groups in total. The molecular formula is C23H30N2O3S2. The number of nitrogens with one attached hydrogen (secondary N) is 1. The SMILES string of the molecule is CCC(NC(=O)CN(c1cccc(SC)c1)S(C)(=O)=O)c1ccc2c(c1)CCCC2. The molecule has 0 aliphatic heterocycles. The summed E-state index contributed by atoms with van der Waals surface area (Å²) in [5.74, 6) is -0.306. The van der Waals surface area contributed by atoms with Gasteiger partial charge in [0.1, 0.15) is 6.54 Å². The van der Waals surface area contributed by atoms with E-state index in [0.717, 1.165) is 36.0 Å². The van der Waals surface area contributed by atoms with E-state index in [4.69, 9.17) is 0 Å². The number of carbonyl (C=O) groups excluding carboxylic acids is 1. The molecule has 1 aliphatic rings. The van der Waals surface area contributed by atoms with Gasteiger partial charge in [-0.2, -0.15) is 0 Å². The lowest BCUT2D eigenvalue weighted by Gasteiger charge is -2.25. The average Bonchev–Trinajstić information content (AvgIpc) is 2.74. The van der Waals surface area contributed by atoms with Gasteiger partial charge in [0.15, 0.2) is 0 Å². The number of amides is 1. The molecule has 30 heavy (non-hydrogen) atoms. The maximum Gasteiger partial charge on any atom is 0.241 e. The van der Waals surface area contributed by atoms with Crippen LogP contribution in [0.2, 0.25) is 0 Å². The second kappa shape index (κ2) is 9.88. The van der Waals surface area contributed by atoms with Crippen LogP contribution in [-0.2, 0) is 27.7 Å². The van der Waals surface area contributed by atoms with Crippen molar-refractivity contribution in [1.82, 2.24) is 5.32 Å². The number of sulfonamides is 1. The van der Waals surface area contributed by atoms with Gasteiger partial charge in [0, 0.05) is 4.90 Å². The molecule has 0 bridgehead atoms. The molecule has 0 radical (unpaired) electrons. The monoisotopic (exact) mass is 446 g/mol. The summed E-state index contributed by atoms with van der Waals surface area (Å²) in [5, 5.41) is 3.04. The molecule has 0 spiro atoms. The third kappa shape index (κ3) is 5.58. The normalized spacial score (nSPS) is 14.6. The van der Waals surface area contributed by atoms with Crippen LogP contribution in [0.5, 0.6) is 0 Å². The number of benzene rings is 2. The Morgan fingerprint density at radius 2 is 1.87 bits per heavy atom. The molecule has 0 heterocycles. The fourth-order valence-electron chi connectivity index (χ4n) is 3.93. The first-order valence-electron chi connectivity index (χ1n) is 10.3. The molecule has 0 saturated heterocycles. The first-order chi connectivity index (χ1) is 14.3. The summed E-state index contributed by atoms with van der Waals surface area (Å²) in [4.78, 5) is 13.8. The molecule has 1 atom stereocenters. The highest BCUT2D eigenvalue weighted by Gasteiger charge is 2.23. The molecule has 1 unspecified atom stereocenters. The number of hydrogen-bond donors (Lipinski definition) is 1. The Labute approximate surface area is 184 Å². The van der Waals surface area contributed by atoms with Gasteiger partial charge in [0.25, 0.3) is 0 Å². The number of rotatable bonds is 8. The van der Waals surface area contributed by atoms with Gasteiger partial charge in [-0.05, 0) is 73.2 Å². The van der Waals surface area contributed by atoms with Crippen LogP contribution in [0.4, 0.5) is 5.69 Å². The van der Waals surface area contributed by atoms with E-state index in [1.54, 1.807) is 18.2 Å². The van der Waals surface area contributed by atoms with Crippen LogP contribution in [0.3, 0.4) is 0 Å². The molecule has 162 valence electrons. The highest BCUT2D eigenvalue weighted by Crippen LogP contribution is 2.27. The number of fused-ring (bicyclic) bond motifs is 1. The van der Waals surface area contributed by atoms with E-state index in [1.165, 1.54) is 40.0 Å². The fourth-order valence-corrected chi connectivity index (χ4v) is 5.23. The van der Waals surface area contributed by atoms with Gasteiger partial charge >= 0.3 is 0 Å². The maximum atomic E-state index is 12.8. The Morgan fingerprint density at radius 1 is 1.13 bits per heavy atom. The second-order valence-electron chi connectivity index (χ2n) is 7.73. The Kier molecular flexibility index (Phi) is 7.47. The number of aryl methyl sites for hydroxylation is 2. The highest BCUT2D eigenvalue weighted by molar-refractivity contribution is 7.98. The number of thioether (sulfide) groups is 1. The topological polar surface area (TPSA) is 66.5 Å². The van der Waals surface area contributed by atoms with Gasteiger partial charge in [0.05, 0.1) is 18.0 Å². The zero-order valence-corrected chi connectivity index (χ0v) is 19.5. The average molecular weight is 447 g/mol. The van der Waals surface area contributed by atoms with E-state index >= 15 is 0 Å². The number of anilines is 1. The van der Waals surface area contributed by atoms with Gasteiger partial charge in [-0.1, -0.05) is 31.2 Å². The molecule has 3 rings (SSSR count). The van der Waals surface area contributed by atoms with Gasteiger partial charge in [-0.3, -0.25) is 9.10 Å². The van der Waals surface area contributed by atoms with Crippen molar-refractivity contribution in [2.24, 2.45) is 0 Å². The largest absolute Gasteiger partial charge is 0.348 e. The van der Waals surface area contributed by atoms with Crippen molar-refractivity contribution < 1.29 is 13.2 Å². The Balaban J connectivity index is 1.77. The van der Waals surface area contributed by atoms with Crippen LogP contribution in [0.1, 0.15) is 48.9 Å². The summed E-state index contributed by atoms with van der Waals surface area (Å²) in [7, 11) is -3.59. The molecule has 2 aromatic rings. The zero-order chi connectivity index (χ0) is 21.7. The summed E-state index contributed by atoms with van der Waals surface area (Å²) >= 11 is 1.53. The molecule has 0 fully saturated rings. The van der Waals surface area contributed by atoms with Crippen molar-refractivity contribution in [3.05, 3.63) is 59.2 Å². The van der Waals surface area contributed by atoms with Gasteiger partial charge in [0.2, 0.25) is 15.9 Å². The fraction of sp³-hybridized carbons (Fsp3) is 0.435. The Morgan fingerprint density at radius 3 is 2.53 bits per heavy atom. The van der Waals surface area contributed by atoms with Crippen molar-refractivity contribution in [2.45, 2.75) is 50.0 Å². The Bertz CT molecular complexity index is 1010. The molecule has 1 aliphatic carbocycles. The molecule has 7 heteroatoms. The molecule has 2 aromatic carbocycles. The minimum absolute atomic E-state index is 0.135. The lowest BCUT2D eigenvalue weighted by atomic mass is 9.89. The lowest BCUT2D eigenvalue weighted by molar-refractivity contribution is -0.120. The standard InChI is InChI=1S/C23H30N2O3S2/c1-4-22(19-13-12-17-8-5-6-9-18(17)14-19)24-23(26)16-25(30(3,27)28)20-10-7-11-21(15-20)29-2/h7,10-15,22H,4-6,8-9,16H2,1-3H3,(H,24,26). The minimum atomic E-state index is -3.59. The number of nitrogens with zero attached hydrogens (tertiary/aromatic N) is 1. The first-order valence-corrected chi connectivity index (χ1v) is 13.4. The van der Waals surface area contributed by atoms with Crippen molar-refractivity contribution >= 4 is 33.4 Å². The van der Waals surface area contributed by atoms with Gasteiger partial charge < -0.3 is 5.32 Å². The van der Waals surface area contributed by atoms with E-state index in [2.05, 4.69) is 23.5 Å². The highest BCUT2D eigenvalue weighted by atomic mass is 32.2. The van der Waals surface area contributed by atoms with Crippen LogP contribution >= 0.6 is 11.8 Å². The van der Waals surface area contributed by atoms with Crippen LogP contribution in [0.25, 0.3) is 0 Å². The lowest BCUT2D eigenvalue weighted by Crippen LogP contribution is -2.41. The third-order valence-corrected chi connectivity index (χ3v) is 7.41. The zero-order valence-electron chi connectivity index (χ0n) is 17.8. The van der Waals surface area contributed by atoms with Gasteiger partial charge in [-0.15, -0.1) is 11.8 Å². The molecule has 5 nitrogen and oxygen atoms in total. The van der Waals surface area contributed by atoms with Crippen molar-refractivity contribution in [3.63, 3.8) is 0 Å². The van der Waals surface area contributed by atoms with Crippen molar-refractivity contribution in [3.8, 4) is 0 Å². The van der Waals surface area contributed by atoms with Crippen LogP contribution in [-0.4, -0.2) is 33.4 Å². The van der Waals surface area contributed by atoms with Crippen LogP contribution in [0.15, 0.2) is 47.4 Å². The van der Waals surface area contributed by atoms with E-state index in [1.807, 2.05) is 19.2 Å². The van der Waals surface area contributed by atoms with E-state index in [9.17, 15) is 13.2 Å². The Hall–Kier alpha value is -1.99. The summed E-state index contributed by atoms with van der Waals surface area (Å²) in [6.07, 6.45) is 8.45. The predicted molar refractivity (Wildman–Crippen MR) is 125 cm³/mol. The molecule has 0 saturated carbocycles. The predicted octanol–water partition coefficient (Wildman–Crippen LogP) is 4.32. The summed E-state index contributed by atoms with van der Waals surface area (Å²) in [6.45, 7) is 1.79. The van der Waals surface area contributed by atoms with E-state index in [0.29, 0.717) is 5.69 Å². The summed E-state index contributed by atoms with van der Waals surface area (Å²) in [6, 6.07) is 13.6. The van der Waals surface area contributed by atoms with Gasteiger partial charge in [-0.25, -0.2) is 8.42 Å². The van der Waals surface area contributed by atoms with Crippen LogP contribution < -0.4 is 9.62 Å². The maximum absolute atomic E-state index is 12.8. The van der Waals surface area contributed by atoms with Crippen LogP contribution in [0, 0.1) is 0 Å². The number of hydrogen-bond acceptors (Lipinski definition) is 4. The smallest absolute Gasteiger partial charge is 0.241 e. The molecular weight excluding hydrogens is 416 g/mol. The first kappa shape index (κ1) is 22.7. The summed E-state index contributed by atoms with van der Waals surface area (Å²) < 4.78 is 26.0. The molecule has 1 amide bonds. The minimum Gasteiger partial charge on any atom is -0.348 e. The summed E-state index contributed by atoms with van der Waals surface area (Å²) in [5.41, 5.74) is 4.37. The molecule has 0 aromatic heterocycles. The number of carbonyl (C=O) groups is 1. The third-order valence-electron chi connectivity index (χ3n) is 5.55. The van der Waals surface area contributed by atoms with Crippen molar-refractivity contribution in [2.75, 3.05) is 23.4 Å². The quantitative estimate of drug-likeness (QED) is 0.613. The van der Waals surface area contributed by atoms with E-state index in [-0.39, 0.29) is 18.5 Å².